The lowest BCUT2D eigenvalue weighted by molar-refractivity contribution is 0.0939. The molecule has 146 valence electrons. The molecular weight excluding hydrogens is 352 g/mol. The van der Waals surface area contributed by atoms with E-state index in [4.69, 9.17) is 0 Å². The molecule has 5 heteroatoms. The topological polar surface area (TPSA) is 81.6 Å². The molecule has 5 nitrogen and oxygen atoms in total. The Kier molecular flexibility index (Phi) is 4.75. The minimum atomic E-state index is -0.0621. The van der Waals surface area contributed by atoms with Crippen molar-refractivity contribution in [2.24, 2.45) is 5.92 Å². The summed E-state index contributed by atoms with van der Waals surface area (Å²) >= 11 is 0. The first-order valence-corrected chi connectivity index (χ1v) is 9.87. The summed E-state index contributed by atoms with van der Waals surface area (Å²) in [6, 6.07) is 10.6. The molecule has 1 heterocycles. The number of benzene rings is 2. The van der Waals surface area contributed by atoms with Crippen LogP contribution >= 0.6 is 0 Å². The van der Waals surface area contributed by atoms with E-state index in [9.17, 15) is 15.0 Å². The minimum absolute atomic E-state index is 0.0472. The Morgan fingerprint density at radius 3 is 2.79 bits per heavy atom. The van der Waals surface area contributed by atoms with Crippen LogP contribution < -0.4 is 10.6 Å². The second-order valence-electron chi connectivity index (χ2n) is 7.80. The van der Waals surface area contributed by atoms with Crippen LogP contribution in [-0.2, 0) is 0 Å². The third-order valence-electron chi connectivity index (χ3n) is 5.96. The largest absolute Gasteiger partial charge is 0.508 e. The smallest absolute Gasteiger partial charge is 0.251 e. The Morgan fingerprint density at radius 2 is 2.04 bits per heavy atom. The maximum absolute atomic E-state index is 12.5. The van der Waals surface area contributed by atoms with E-state index in [1.807, 2.05) is 25.1 Å². The van der Waals surface area contributed by atoms with E-state index in [1.54, 1.807) is 12.1 Å². The third-order valence-corrected chi connectivity index (χ3v) is 5.96. The highest BCUT2D eigenvalue weighted by Gasteiger charge is 2.39. The van der Waals surface area contributed by atoms with Crippen molar-refractivity contribution < 1.29 is 15.0 Å². The van der Waals surface area contributed by atoms with Crippen molar-refractivity contribution in [1.29, 1.82) is 0 Å². The van der Waals surface area contributed by atoms with Gasteiger partial charge in [0.2, 0.25) is 0 Å². The first-order valence-electron chi connectivity index (χ1n) is 9.87. The fourth-order valence-corrected chi connectivity index (χ4v) is 4.25. The number of phenols is 2. The number of allylic oxidation sites excluding steroid dienone is 2. The molecule has 0 fully saturated rings. The molecule has 0 aromatic heterocycles. The van der Waals surface area contributed by atoms with Crippen LogP contribution in [0, 0.1) is 5.92 Å². The van der Waals surface area contributed by atoms with Crippen molar-refractivity contribution in [1.82, 2.24) is 5.32 Å². The third kappa shape index (κ3) is 3.21. The number of anilines is 1. The molecule has 4 unspecified atom stereocenters. The van der Waals surface area contributed by atoms with Gasteiger partial charge in [-0.2, -0.15) is 0 Å². The molecule has 4 atom stereocenters. The summed E-state index contributed by atoms with van der Waals surface area (Å²) in [7, 11) is 0. The summed E-state index contributed by atoms with van der Waals surface area (Å²) in [6.45, 7) is 4.05. The van der Waals surface area contributed by atoms with Crippen molar-refractivity contribution in [3.63, 3.8) is 0 Å². The standard InChI is InChI=1S/C23H26N2O3/c1-3-13(2)24-23(28)14-7-10-20-19(11-14)16-5-4-6-17(16)22(25-20)18-9-8-15(26)12-21(18)27/h4-5,7-13,16-17,22,25-27H,3,6H2,1-2H3,(H,24,28). The molecule has 4 rings (SSSR count). The fraction of sp³-hybridized carbons (Fsp3) is 0.348. The summed E-state index contributed by atoms with van der Waals surface area (Å²) in [4.78, 5) is 12.5. The zero-order valence-electron chi connectivity index (χ0n) is 16.1. The van der Waals surface area contributed by atoms with E-state index < -0.39 is 0 Å². The van der Waals surface area contributed by atoms with Crippen molar-refractivity contribution >= 4 is 11.6 Å². The fourth-order valence-electron chi connectivity index (χ4n) is 4.25. The average molecular weight is 378 g/mol. The number of fused-ring (bicyclic) bond motifs is 3. The van der Waals surface area contributed by atoms with Crippen LogP contribution in [0.5, 0.6) is 11.5 Å². The van der Waals surface area contributed by atoms with Crippen LogP contribution in [-0.4, -0.2) is 22.2 Å². The number of carbonyl (C=O) groups is 1. The first-order chi connectivity index (χ1) is 13.5. The van der Waals surface area contributed by atoms with Crippen LogP contribution in [0.3, 0.4) is 0 Å². The van der Waals surface area contributed by atoms with Gasteiger partial charge < -0.3 is 20.8 Å². The molecule has 0 bridgehead atoms. The van der Waals surface area contributed by atoms with Crippen LogP contribution in [0.15, 0.2) is 48.6 Å². The number of carbonyl (C=O) groups excluding carboxylic acids is 1. The van der Waals surface area contributed by atoms with Crippen molar-refractivity contribution in [2.45, 2.75) is 44.7 Å². The van der Waals surface area contributed by atoms with Crippen molar-refractivity contribution in [3.8, 4) is 11.5 Å². The van der Waals surface area contributed by atoms with E-state index >= 15 is 0 Å². The molecule has 1 amide bonds. The lowest BCUT2D eigenvalue weighted by Crippen LogP contribution is -2.33. The summed E-state index contributed by atoms with van der Waals surface area (Å²) in [5.74, 6) is 0.530. The van der Waals surface area contributed by atoms with E-state index in [2.05, 4.69) is 29.7 Å². The molecule has 0 saturated carbocycles. The van der Waals surface area contributed by atoms with Gasteiger partial charge >= 0.3 is 0 Å². The van der Waals surface area contributed by atoms with Gasteiger partial charge in [0.1, 0.15) is 11.5 Å². The molecular formula is C23H26N2O3. The van der Waals surface area contributed by atoms with Gasteiger partial charge in [-0.1, -0.05) is 19.1 Å². The lowest BCUT2D eigenvalue weighted by atomic mass is 9.76. The second kappa shape index (κ2) is 7.23. The summed E-state index contributed by atoms with van der Waals surface area (Å²) < 4.78 is 0. The molecule has 2 aromatic rings. The number of hydrogen-bond donors (Lipinski definition) is 4. The summed E-state index contributed by atoms with van der Waals surface area (Å²) in [5, 5.41) is 26.6. The van der Waals surface area contributed by atoms with E-state index in [0.717, 1.165) is 29.7 Å². The normalized spacial score (nSPS) is 23.4. The predicted molar refractivity (Wildman–Crippen MR) is 110 cm³/mol. The SMILES string of the molecule is CCC(C)NC(=O)c1ccc2c(c1)C1C=CCC1C(c1ccc(O)cc1O)N2. The van der Waals surface area contributed by atoms with Crippen LogP contribution in [0.4, 0.5) is 5.69 Å². The minimum Gasteiger partial charge on any atom is -0.508 e. The molecule has 1 aliphatic carbocycles. The maximum atomic E-state index is 12.5. The van der Waals surface area contributed by atoms with E-state index in [0.29, 0.717) is 5.56 Å². The van der Waals surface area contributed by atoms with Gasteiger partial charge in [-0.3, -0.25) is 4.79 Å². The highest BCUT2D eigenvalue weighted by Crippen LogP contribution is 2.51. The number of rotatable bonds is 4. The van der Waals surface area contributed by atoms with Gasteiger partial charge in [0.15, 0.2) is 0 Å². The lowest BCUT2D eigenvalue weighted by Gasteiger charge is -2.38. The van der Waals surface area contributed by atoms with Crippen LogP contribution in [0.1, 0.15) is 60.1 Å². The van der Waals surface area contributed by atoms with Gasteiger partial charge in [0.05, 0.1) is 6.04 Å². The number of nitrogens with one attached hydrogen (secondary N) is 2. The molecule has 2 aromatic carbocycles. The maximum Gasteiger partial charge on any atom is 0.251 e. The van der Waals surface area contributed by atoms with Crippen molar-refractivity contribution in [3.05, 3.63) is 65.2 Å². The summed E-state index contributed by atoms with van der Waals surface area (Å²) in [6.07, 6.45) is 6.16. The number of phenolic OH excluding ortho intramolecular Hbond substituents is 2. The van der Waals surface area contributed by atoms with Gasteiger partial charge in [0.25, 0.3) is 5.91 Å². The number of aromatic hydroxyl groups is 2. The Hall–Kier alpha value is -2.95. The average Bonchev–Trinajstić information content (AvgIpc) is 3.17. The van der Waals surface area contributed by atoms with Crippen molar-refractivity contribution in [2.75, 3.05) is 5.32 Å². The first kappa shape index (κ1) is 18.4. The predicted octanol–water partition coefficient (Wildman–Crippen LogP) is 4.45. The van der Waals surface area contributed by atoms with E-state index in [-0.39, 0.29) is 41.3 Å². The van der Waals surface area contributed by atoms with E-state index in [1.165, 1.54) is 6.07 Å². The zero-order valence-corrected chi connectivity index (χ0v) is 16.1. The van der Waals surface area contributed by atoms with Crippen LogP contribution in [0.2, 0.25) is 0 Å². The molecule has 0 radical (unpaired) electrons. The van der Waals surface area contributed by atoms with Gasteiger partial charge in [-0.15, -0.1) is 0 Å². The monoisotopic (exact) mass is 378 g/mol. The molecule has 0 saturated heterocycles. The Labute approximate surface area is 165 Å². The molecule has 0 spiro atoms. The van der Waals surface area contributed by atoms with Gasteiger partial charge in [-0.05, 0) is 61.6 Å². The number of hydrogen-bond acceptors (Lipinski definition) is 4. The zero-order chi connectivity index (χ0) is 19.8. The highest BCUT2D eigenvalue weighted by molar-refractivity contribution is 5.95. The number of amides is 1. The van der Waals surface area contributed by atoms with Gasteiger partial charge in [-0.25, -0.2) is 0 Å². The Bertz CT molecular complexity index is 937. The Morgan fingerprint density at radius 1 is 1.21 bits per heavy atom. The van der Waals surface area contributed by atoms with Gasteiger partial charge in [0, 0.05) is 34.8 Å². The molecule has 4 N–H and O–H groups in total. The molecule has 28 heavy (non-hydrogen) atoms. The van der Waals surface area contributed by atoms with Crippen LogP contribution in [0.25, 0.3) is 0 Å². The molecule has 2 aliphatic rings. The second-order valence-corrected chi connectivity index (χ2v) is 7.80. The Balaban J connectivity index is 1.68. The highest BCUT2D eigenvalue weighted by atomic mass is 16.3. The summed E-state index contributed by atoms with van der Waals surface area (Å²) in [5.41, 5.74) is 3.54. The quantitative estimate of drug-likeness (QED) is 0.593. The molecule has 1 aliphatic heterocycles.